The van der Waals surface area contributed by atoms with E-state index in [1.165, 1.54) is 48.3 Å². The lowest BCUT2D eigenvalue weighted by Crippen LogP contribution is -2.53. The number of halogens is 2. The molecule has 1 amide bonds. The van der Waals surface area contributed by atoms with Crippen molar-refractivity contribution in [2.45, 2.75) is 43.6 Å². The van der Waals surface area contributed by atoms with Gasteiger partial charge in [-0.2, -0.15) is 5.26 Å². The van der Waals surface area contributed by atoms with Crippen LogP contribution in [0.25, 0.3) is 11.9 Å². The van der Waals surface area contributed by atoms with Crippen LogP contribution in [0.3, 0.4) is 0 Å². The van der Waals surface area contributed by atoms with Gasteiger partial charge < -0.3 is 15.4 Å². The van der Waals surface area contributed by atoms with Crippen LogP contribution in [0.1, 0.15) is 49.6 Å². The minimum Gasteiger partial charge on any atom is -0.378 e. The molecule has 10 heteroatoms. The number of hydrogen-bond donors (Lipinski definition) is 1. The third-order valence-corrected chi connectivity index (χ3v) is 8.96. The predicted molar refractivity (Wildman–Crippen MR) is 143 cm³/mol. The van der Waals surface area contributed by atoms with Crippen LogP contribution in [-0.4, -0.2) is 51.5 Å². The van der Waals surface area contributed by atoms with Crippen LogP contribution in [0.2, 0.25) is 0 Å². The summed E-state index contributed by atoms with van der Waals surface area (Å²) < 4.78 is 35.3. The van der Waals surface area contributed by atoms with E-state index in [4.69, 9.17) is 15.7 Å². The maximum atomic E-state index is 15.3. The number of nitrogens with two attached hydrogens (primary N) is 1. The van der Waals surface area contributed by atoms with Gasteiger partial charge in [-0.15, -0.1) is 0 Å². The van der Waals surface area contributed by atoms with Crippen molar-refractivity contribution < 1.29 is 18.3 Å². The number of benzene rings is 1. The molecule has 2 N–H and O–H groups in total. The topological polar surface area (TPSA) is 105 Å². The summed E-state index contributed by atoms with van der Waals surface area (Å²) in [4.78, 5) is 24.3. The lowest BCUT2D eigenvalue weighted by molar-refractivity contribution is -0.141. The fraction of sp³-hybridized carbons (Fsp3) is 0.429. The van der Waals surface area contributed by atoms with Crippen LogP contribution in [0.4, 0.5) is 8.78 Å². The van der Waals surface area contributed by atoms with Gasteiger partial charge in [-0.05, 0) is 55.2 Å². The van der Waals surface area contributed by atoms with Crippen LogP contribution in [0.15, 0.2) is 41.5 Å². The van der Waals surface area contributed by atoms with Crippen molar-refractivity contribution in [2.24, 2.45) is 22.6 Å². The smallest absolute Gasteiger partial charge is 0.239 e. The quantitative estimate of drug-likeness (QED) is 0.603. The van der Waals surface area contributed by atoms with Crippen molar-refractivity contribution in [3.8, 4) is 6.07 Å². The third kappa shape index (κ3) is 4.58. The maximum Gasteiger partial charge on any atom is 0.239 e. The Bertz CT molecular complexity index is 1370. The molecule has 3 aliphatic rings. The normalized spacial score (nSPS) is 28.9. The van der Waals surface area contributed by atoms with Gasteiger partial charge in [-0.1, -0.05) is 31.7 Å². The van der Waals surface area contributed by atoms with Crippen molar-refractivity contribution in [2.75, 3.05) is 19.7 Å². The molecule has 0 spiro atoms. The molecule has 1 aromatic heterocycles. The summed E-state index contributed by atoms with van der Waals surface area (Å²) in [6, 6.07) is 9.15. The van der Waals surface area contributed by atoms with E-state index in [-0.39, 0.29) is 40.3 Å². The number of morpholine rings is 1. The number of nitrogens with zero attached hydrogens (tertiary/aromatic N) is 4. The van der Waals surface area contributed by atoms with E-state index in [9.17, 15) is 9.18 Å². The molecule has 0 bridgehead atoms. The first-order chi connectivity index (χ1) is 18.1. The number of carbonyl (C=O) groups excluding carboxylic acids is 1. The molecular formula is C28H29F2N5O2S. The van der Waals surface area contributed by atoms with E-state index in [1.54, 1.807) is 13.0 Å². The van der Waals surface area contributed by atoms with Gasteiger partial charge in [0.2, 0.25) is 5.91 Å². The molecule has 1 saturated carbocycles. The highest BCUT2D eigenvalue weighted by atomic mass is 32.2. The largest absolute Gasteiger partial charge is 0.378 e. The van der Waals surface area contributed by atoms with Crippen LogP contribution in [0.5, 0.6) is 0 Å². The number of hydrogen-bond acceptors (Lipinski definition) is 7. The Balaban J connectivity index is 1.44. The minimum atomic E-state index is -1.09. The monoisotopic (exact) mass is 537 g/mol. The summed E-state index contributed by atoms with van der Waals surface area (Å²) in [5, 5.41) is 9.16. The minimum absolute atomic E-state index is 0.0140. The Hall–Kier alpha value is -3.29. The molecule has 4 atom stereocenters. The molecule has 1 aliphatic carbocycles. The first-order valence-electron chi connectivity index (χ1n) is 12.6. The molecule has 2 aliphatic heterocycles. The summed E-state index contributed by atoms with van der Waals surface area (Å²) in [6.07, 6.45) is 3.03. The molecule has 38 heavy (non-hydrogen) atoms. The van der Waals surface area contributed by atoms with Crippen molar-refractivity contribution >= 4 is 34.7 Å². The van der Waals surface area contributed by atoms with Crippen molar-refractivity contribution in [1.29, 1.82) is 5.26 Å². The highest BCUT2D eigenvalue weighted by Crippen LogP contribution is 2.66. The molecule has 0 radical (unpaired) electrons. The predicted octanol–water partition coefficient (Wildman–Crippen LogP) is 4.48. The van der Waals surface area contributed by atoms with E-state index in [0.717, 1.165) is 0 Å². The van der Waals surface area contributed by atoms with E-state index >= 15 is 4.39 Å². The molecule has 3 heterocycles. The number of pyridine rings is 1. The Morgan fingerprint density at radius 1 is 1.37 bits per heavy atom. The second kappa shape index (κ2) is 9.79. The highest BCUT2D eigenvalue weighted by Gasteiger charge is 2.71. The lowest BCUT2D eigenvalue weighted by Gasteiger charge is -2.39. The van der Waals surface area contributed by atoms with Crippen LogP contribution in [0, 0.1) is 29.0 Å². The maximum absolute atomic E-state index is 15.3. The number of fused-ring (bicyclic) bond motifs is 1. The summed E-state index contributed by atoms with van der Waals surface area (Å²) >= 11 is 1.26. The molecule has 2 fully saturated rings. The molecule has 2 aromatic rings. The number of nitriles is 1. The summed E-state index contributed by atoms with van der Waals surface area (Å²) in [5.74, 6) is -1.12. The number of carbonyl (C=O) groups is 1. The van der Waals surface area contributed by atoms with Crippen LogP contribution in [-0.2, 0) is 15.1 Å². The van der Waals surface area contributed by atoms with Crippen molar-refractivity contribution in [3.05, 3.63) is 64.7 Å². The second-order valence-electron chi connectivity index (χ2n) is 10.5. The van der Waals surface area contributed by atoms with Crippen molar-refractivity contribution in [3.63, 3.8) is 0 Å². The summed E-state index contributed by atoms with van der Waals surface area (Å²) in [6.45, 7) is 7.42. The van der Waals surface area contributed by atoms with Crippen molar-refractivity contribution in [1.82, 2.24) is 9.88 Å². The second-order valence-corrected chi connectivity index (χ2v) is 11.9. The fourth-order valence-corrected chi connectivity index (χ4v) is 6.87. The average molecular weight is 538 g/mol. The van der Waals surface area contributed by atoms with Gasteiger partial charge in [-0.3, -0.25) is 14.8 Å². The Morgan fingerprint density at radius 2 is 2.16 bits per heavy atom. The zero-order chi connectivity index (χ0) is 27.2. The molecular weight excluding hydrogens is 508 g/mol. The summed E-state index contributed by atoms with van der Waals surface area (Å²) in [5.41, 5.74) is 6.23. The molecule has 1 aromatic carbocycles. The van der Waals surface area contributed by atoms with Gasteiger partial charge in [0.25, 0.3) is 0 Å². The Labute approximate surface area is 224 Å². The first-order valence-corrected chi connectivity index (χ1v) is 13.4. The number of amidine groups is 1. The molecule has 1 unspecified atom stereocenters. The lowest BCUT2D eigenvalue weighted by atomic mass is 9.84. The van der Waals surface area contributed by atoms with Crippen LogP contribution < -0.4 is 5.73 Å². The summed E-state index contributed by atoms with van der Waals surface area (Å²) in [7, 11) is 0. The number of thioether (sulfide) groups is 1. The number of amides is 1. The van der Waals surface area contributed by atoms with Crippen LogP contribution >= 0.6 is 11.8 Å². The average Bonchev–Trinajstić information content (AvgIpc) is 3.66. The van der Waals surface area contributed by atoms with Gasteiger partial charge in [0.1, 0.15) is 22.5 Å². The molecule has 1 saturated heterocycles. The number of aliphatic imine (C=N–C) groups is 1. The van der Waals surface area contributed by atoms with Gasteiger partial charge >= 0.3 is 0 Å². The van der Waals surface area contributed by atoms with Gasteiger partial charge in [0.05, 0.1) is 29.5 Å². The van der Waals surface area contributed by atoms with Gasteiger partial charge in [0.15, 0.2) is 5.17 Å². The first kappa shape index (κ1) is 26.3. The SMILES string of the molecule is CC(C)C1CN(C(=O)[C@]23C[C@H]2[C@@](C)(c2cc(/C=C(\F)c4ccc(C#N)cn4)ccc2F)N=C(N)S3)CCO1. The zero-order valence-electron chi connectivity index (χ0n) is 21.4. The molecule has 198 valence electrons. The zero-order valence-corrected chi connectivity index (χ0v) is 22.3. The van der Waals surface area contributed by atoms with Gasteiger partial charge in [0, 0.05) is 30.8 Å². The fourth-order valence-electron chi connectivity index (χ4n) is 5.43. The highest BCUT2D eigenvalue weighted by molar-refractivity contribution is 8.15. The Morgan fingerprint density at radius 3 is 2.84 bits per heavy atom. The molecule has 5 rings (SSSR count). The van der Waals surface area contributed by atoms with E-state index in [1.807, 2.05) is 11.0 Å². The van der Waals surface area contributed by atoms with Gasteiger partial charge in [-0.25, -0.2) is 8.78 Å². The van der Waals surface area contributed by atoms with E-state index in [0.29, 0.717) is 37.2 Å². The molecule has 7 nitrogen and oxygen atoms in total. The number of rotatable bonds is 5. The van der Waals surface area contributed by atoms with E-state index in [2.05, 4.69) is 23.8 Å². The van der Waals surface area contributed by atoms with E-state index < -0.39 is 21.9 Å². The number of aromatic nitrogens is 1. The number of ether oxygens (including phenoxy) is 1. The standard InChI is InChI=1S/C28H29F2N5O2S/c1-16(2)23-15-35(8-9-37-23)25(36)28-12-24(28)27(3,34-26(32)38-28)19-10-17(4-6-20(19)29)11-21(30)22-7-5-18(13-31)14-33-22/h4-7,10-11,14,16,23-24H,8-9,12,15H2,1-3H3,(H2,32,34)/b21-11-/t23?,24-,27+,28-/m0/s1. The Kier molecular flexibility index (Phi) is 6.78. The third-order valence-electron chi connectivity index (χ3n) is 7.67.